The van der Waals surface area contributed by atoms with Crippen molar-refractivity contribution in [2.24, 2.45) is 0 Å². The van der Waals surface area contributed by atoms with Crippen molar-refractivity contribution < 1.29 is 19.4 Å². The van der Waals surface area contributed by atoms with Gasteiger partial charge in [-0.2, -0.15) is 0 Å². The standard InChI is InChI=1S/C13H25NO4/c1-4-11(5-2)14(9-10-18-3)12(15)7-6-8-13(16)17/h11H,4-10H2,1-3H3,(H,16,17). The smallest absolute Gasteiger partial charge is 0.303 e. The predicted molar refractivity (Wildman–Crippen MR) is 69.4 cm³/mol. The van der Waals surface area contributed by atoms with E-state index < -0.39 is 5.97 Å². The lowest BCUT2D eigenvalue weighted by Gasteiger charge is -2.30. The van der Waals surface area contributed by atoms with E-state index in [2.05, 4.69) is 13.8 Å². The summed E-state index contributed by atoms with van der Waals surface area (Å²) in [7, 11) is 1.61. The minimum Gasteiger partial charge on any atom is -0.481 e. The van der Waals surface area contributed by atoms with Crippen molar-refractivity contribution in [1.29, 1.82) is 0 Å². The number of carboxylic acid groups (broad SMARTS) is 1. The molecule has 5 heteroatoms. The molecule has 0 aromatic heterocycles. The van der Waals surface area contributed by atoms with Gasteiger partial charge in [-0.05, 0) is 19.3 Å². The summed E-state index contributed by atoms with van der Waals surface area (Å²) in [5.74, 6) is -0.823. The molecular weight excluding hydrogens is 234 g/mol. The van der Waals surface area contributed by atoms with E-state index in [0.717, 1.165) is 12.8 Å². The van der Waals surface area contributed by atoms with Gasteiger partial charge < -0.3 is 14.7 Å². The molecule has 0 radical (unpaired) electrons. The van der Waals surface area contributed by atoms with Crippen molar-refractivity contribution in [3.8, 4) is 0 Å². The highest BCUT2D eigenvalue weighted by Gasteiger charge is 2.20. The van der Waals surface area contributed by atoms with Crippen LogP contribution in [0.4, 0.5) is 0 Å². The average molecular weight is 259 g/mol. The molecule has 106 valence electrons. The zero-order valence-electron chi connectivity index (χ0n) is 11.6. The first kappa shape index (κ1) is 16.9. The maximum Gasteiger partial charge on any atom is 0.303 e. The number of nitrogens with zero attached hydrogens (tertiary/aromatic N) is 1. The molecule has 0 saturated heterocycles. The number of aliphatic carboxylic acids is 1. The summed E-state index contributed by atoms with van der Waals surface area (Å²) < 4.78 is 5.02. The van der Waals surface area contributed by atoms with Gasteiger partial charge in [0.2, 0.25) is 5.91 Å². The van der Waals surface area contributed by atoms with Crippen LogP contribution in [0.2, 0.25) is 0 Å². The Kier molecular flexibility index (Phi) is 9.28. The Bertz CT molecular complexity index is 251. The second-order valence-corrected chi connectivity index (χ2v) is 4.30. The van der Waals surface area contributed by atoms with E-state index in [0.29, 0.717) is 26.0 Å². The largest absolute Gasteiger partial charge is 0.481 e. The molecule has 0 aromatic carbocycles. The fraction of sp³-hybridized carbons (Fsp3) is 0.846. The molecule has 0 heterocycles. The van der Waals surface area contributed by atoms with Gasteiger partial charge in [-0.25, -0.2) is 0 Å². The lowest BCUT2D eigenvalue weighted by atomic mass is 10.1. The molecule has 0 rings (SSSR count). The van der Waals surface area contributed by atoms with Gasteiger partial charge in [-0.1, -0.05) is 13.8 Å². The van der Waals surface area contributed by atoms with Crippen LogP contribution in [0, 0.1) is 0 Å². The van der Waals surface area contributed by atoms with Crippen molar-refractivity contribution in [3.05, 3.63) is 0 Å². The first-order valence-corrected chi connectivity index (χ1v) is 6.56. The average Bonchev–Trinajstić information content (AvgIpc) is 2.33. The van der Waals surface area contributed by atoms with Crippen LogP contribution in [0.25, 0.3) is 0 Å². The summed E-state index contributed by atoms with van der Waals surface area (Å²) in [5, 5.41) is 8.56. The Morgan fingerprint density at radius 2 is 1.83 bits per heavy atom. The van der Waals surface area contributed by atoms with E-state index in [9.17, 15) is 9.59 Å². The van der Waals surface area contributed by atoms with Crippen LogP contribution >= 0.6 is 0 Å². The van der Waals surface area contributed by atoms with E-state index in [4.69, 9.17) is 9.84 Å². The normalized spacial score (nSPS) is 10.7. The molecule has 0 aliphatic carbocycles. The number of hydrogen-bond acceptors (Lipinski definition) is 3. The number of rotatable bonds is 10. The summed E-state index contributed by atoms with van der Waals surface area (Å²) in [6.07, 6.45) is 2.56. The highest BCUT2D eigenvalue weighted by atomic mass is 16.5. The quantitative estimate of drug-likeness (QED) is 0.650. The van der Waals surface area contributed by atoms with Gasteiger partial charge in [0.25, 0.3) is 0 Å². The molecule has 0 unspecified atom stereocenters. The van der Waals surface area contributed by atoms with Crippen LogP contribution in [0.15, 0.2) is 0 Å². The molecule has 0 aromatic rings. The predicted octanol–water partition coefficient (Wildman–Crippen LogP) is 1.90. The van der Waals surface area contributed by atoms with Crippen LogP contribution in [-0.4, -0.2) is 48.2 Å². The Labute approximate surface area is 109 Å². The number of amides is 1. The molecule has 0 atom stereocenters. The maximum absolute atomic E-state index is 12.1. The van der Waals surface area contributed by atoms with E-state index in [1.54, 1.807) is 7.11 Å². The van der Waals surface area contributed by atoms with Gasteiger partial charge in [-0.3, -0.25) is 9.59 Å². The van der Waals surface area contributed by atoms with Crippen LogP contribution in [-0.2, 0) is 14.3 Å². The number of carbonyl (C=O) groups excluding carboxylic acids is 1. The zero-order chi connectivity index (χ0) is 14.0. The maximum atomic E-state index is 12.1. The van der Waals surface area contributed by atoms with Gasteiger partial charge in [0.1, 0.15) is 0 Å². The molecular formula is C13H25NO4. The molecule has 0 spiro atoms. The van der Waals surface area contributed by atoms with Gasteiger partial charge >= 0.3 is 5.97 Å². The van der Waals surface area contributed by atoms with Crippen LogP contribution < -0.4 is 0 Å². The molecule has 0 fully saturated rings. The second-order valence-electron chi connectivity index (χ2n) is 4.30. The van der Waals surface area contributed by atoms with Gasteiger partial charge in [0.15, 0.2) is 0 Å². The number of ether oxygens (including phenoxy) is 1. The van der Waals surface area contributed by atoms with E-state index >= 15 is 0 Å². The minimum atomic E-state index is -0.853. The number of carbonyl (C=O) groups is 2. The summed E-state index contributed by atoms with van der Waals surface area (Å²) >= 11 is 0. The summed E-state index contributed by atoms with van der Waals surface area (Å²) in [6.45, 7) is 5.20. The lowest BCUT2D eigenvalue weighted by Crippen LogP contribution is -2.41. The number of carboxylic acids is 1. The first-order valence-electron chi connectivity index (χ1n) is 6.56. The SMILES string of the molecule is CCC(CC)N(CCOC)C(=O)CCCC(=O)O. The Morgan fingerprint density at radius 1 is 1.22 bits per heavy atom. The van der Waals surface area contributed by atoms with E-state index in [1.807, 2.05) is 4.90 Å². The van der Waals surface area contributed by atoms with Crippen molar-refractivity contribution in [1.82, 2.24) is 4.90 Å². The Hall–Kier alpha value is -1.10. The molecule has 0 bridgehead atoms. The lowest BCUT2D eigenvalue weighted by molar-refractivity contribution is -0.137. The van der Waals surface area contributed by atoms with Crippen molar-refractivity contribution in [3.63, 3.8) is 0 Å². The molecule has 18 heavy (non-hydrogen) atoms. The van der Waals surface area contributed by atoms with E-state index in [1.165, 1.54) is 0 Å². The van der Waals surface area contributed by atoms with Crippen LogP contribution in [0.5, 0.6) is 0 Å². The Morgan fingerprint density at radius 3 is 2.28 bits per heavy atom. The van der Waals surface area contributed by atoms with E-state index in [-0.39, 0.29) is 18.4 Å². The third-order valence-electron chi connectivity index (χ3n) is 3.02. The highest BCUT2D eigenvalue weighted by molar-refractivity contribution is 5.77. The van der Waals surface area contributed by atoms with Gasteiger partial charge in [0.05, 0.1) is 6.61 Å². The molecule has 0 aliphatic heterocycles. The van der Waals surface area contributed by atoms with Crippen molar-refractivity contribution in [2.45, 2.75) is 52.0 Å². The van der Waals surface area contributed by atoms with Crippen LogP contribution in [0.3, 0.4) is 0 Å². The molecule has 1 amide bonds. The van der Waals surface area contributed by atoms with Gasteiger partial charge in [-0.15, -0.1) is 0 Å². The summed E-state index contributed by atoms with van der Waals surface area (Å²) in [6, 6.07) is 0.220. The third kappa shape index (κ3) is 6.59. The Balaban J connectivity index is 4.33. The van der Waals surface area contributed by atoms with Crippen LogP contribution in [0.1, 0.15) is 46.0 Å². The van der Waals surface area contributed by atoms with Crippen molar-refractivity contribution in [2.75, 3.05) is 20.3 Å². The topological polar surface area (TPSA) is 66.8 Å². The molecule has 1 N–H and O–H groups in total. The first-order chi connectivity index (χ1) is 8.56. The third-order valence-corrected chi connectivity index (χ3v) is 3.02. The summed E-state index contributed by atoms with van der Waals surface area (Å²) in [5.41, 5.74) is 0. The zero-order valence-corrected chi connectivity index (χ0v) is 11.6. The minimum absolute atomic E-state index is 0.0296. The number of hydrogen-bond donors (Lipinski definition) is 1. The fourth-order valence-electron chi connectivity index (χ4n) is 1.96. The molecule has 0 aliphatic rings. The second kappa shape index (κ2) is 9.88. The highest BCUT2D eigenvalue weighted by Crippen LogP contribution is 2.11. The molecule has 0 saturated carbocycles. The van der Waals surface area contributed by atoms with Gasteiger partial charge in [0, 0.05) is 32.5 Å². The fourth-order valence-corrected chi connectivity index (χ4v) is 1.96. The molecule has 5 nitrogen and oxygen atoms in total. The summed E-state index contributed by atoms with van der Waals surface area (Å²) in [4.78, 5) is 24.3. The number of methoxy groups -OCH3 is 1. The monoisotopic (exact) mass is 259 g/mol. The van der Waals surface area contributed by atoms with Crippen molar-refractivity contribution >= 4 is 11.9 Å².